The van der Waals surface area contributed by atoms with Gasteiger partial charge in [0.25, 0.3) is 10.2 Å². The Bertz CT molecular complexity index is 449. The number of nitrogens with zero attached hydrogens (tertiary/aromatic N) is 2. The summed E-state index contributed by atoms with van der Waals surface area (Å²) in [4.78, 5) is 11.8. The van der Waals surface area contributed by atoms with E-state index in [1.807, 2.05) is 0 Å². The van der Waals surface area contributed by atoms with Crippen LogP contribution in [-0.2, 0) is 15.0 Å². The smallest absolute Gasteiger partial charge is 0.281 e. The lowest BCUT2D eigenvalue weighted by atomic mass is 9.97. The van der Waals surface area contributed by atoms with Crippen LogP contribution in [0.5, 0.6) is 0 Å². The average Bonchev–Trinajstić information content (AvgIpc) is 3.00. The van der Waals surface area contributed by atoms with Gasteiger partial charge in [-0.25, -0.2) is 0 Å². The van der Waals surface area contributed by atoms with Crippen LogP contribution in [0.3, 0.4) is 0 Å². The highest BCUT2D eigenvalue weighted by molar-refractivity contribution is 7.86. The van der Waals surface area contributed by atoms with Gasteiger partial charge in [0.1, 0.15) is 0 Å². The Morgan fingerprint density at radius 1 is 1.15 bits per heavy atom. The predicted octanol–water partition coefficient (Wildman–Crippen LogP) is 0.341. The number of carbonyl (C=O) groups is 1. The van der Waals surface area contributed by atoms with E-state index in [4.69, 9.17) is 0 Å². The summed E-state index contributed by atoms with van der Waals surface area (Å²) in [6, 6.07) is 0. The van der Waals surface area contributed by atoms with E-state index in [0.29, 0.717) is 45.6 Å². The highest BCUT2D eigenvalue weighted by Crippen LogP contribution is 2.23. The summed E-state index contributed by atoms with van der Waals surface area (Å²) in [5, 5.41) is 2.78. The maximum atomic E-state index is 12.4. The quantitative estimate of drug-likeness (QED) is 0.745. The molecule has 0 saturated carbocycles. The molecule has 7 heteroatoms. The van der Waals surface area contributed by atoms with Crippen LogP contribution in [0.15, 0.2) is 12.7 Å². The second-order valence-electron chi connectivity index (χ2n) is 5.32. The summed E-state index contributed by atoms with van der Waals surface area (Å²) in [6.07, 6.45) is 4.72. The summed E-state index contributed by atoms with van der Waals surface area (Å²) in [5.41, 5.74) is 0. The molecule has 2 aliphatic rings. The Kier molecular flexibility index (Phi) is 5.17. The van der Waals surface area contributed by atoms with E-state index in [-0.39, 0.29) is 11.8 Å². The van der Waals surface area contributed by atoms with Crippen molar-refractivity contribution in [3.05, 3.63) is 12.7 Å². The van der Waals surface area contributed by atoms with Crippen LogP contribution in [0, 0.1) is 5.92 Å². The zero-order valence-corrected chi connectivity index (χ0v) is 12.6. The van der Waals surface area contributed by atoms with Gasteiger partial charge in [0.2, 0.25) is 5.91 Å². The SMILES string of the molecule is C=CCNC(=O)C1CCN(S(=O)(=O)N2CCCC2)CC1. The van der Waals surface area contributed by atoms with Gasteiger partial charge in [-0.1, -0.05) is 6.08 Å². The molecule has 6 nitrogen and oxygen atoms in total. The normalized spacial score (nSPS) is 22.8. The number of nitrogens with one attached hydrogen (secondary N) is 1. The van der Waals surface area contributed by atoms with Crippen LogP contribution >= 0.6 is 0 Å². The molecule has 1 N–H and O–H groups in total. The first-order chi connectivity index (χ1) is 9.55. The van der Waals surface area contributed by atoms with Crippen molar-refractivity contribution in [1.82, 2.24) is 13.9 Å². The minimum Gasteiger partial charge on any atom is -0.352 e. The number of amides is 1. The van der Waals surface area contributed by atoms with Crippen molar-refractivity contribution in [1.29, 1.82) is 0 Å². The standard InChI is InChI=1S/C13H23N3O3S/c1-2-7-14-13(17)12-5-10-16(11-6-12)20(18,19)15-8-3-4-9-15/h2,12H,1,3-11H2,(H,14,17). The molecule has 0 aliphatic carbocycles. The van der Waals surface area contributed by atoms with E-state index in [9.17, 15) is 13.2 Å². The van der Waals surface area contributed by atoms with Gasteiger partial charge in [-0.15, -0.1) is 6.58 Å². The Labute approximate surface area is 121 Å². The lowest BCUT2D eigenvalue weighted by molar-refractivity contribution is -0.125. The van der Waals surface area contributed by atoms with E-state index in [2.05, 4.69) is 11.9 Å². The molecule has 0 atom stereocenters. The molecule has 2 rings (SSSR count). The van der Waals surface area contributed by atoms with Crippen LogP contribution in [0.2, 0.25) is 0 Å². The molecular formula is C13H23N3O3S. The summed E-state index contributed by atoms with van der Waals surface area (Å²) in [5.74, 6) is -0.0805. The summed E-state index contributed by atoms with van der Waals surface area (Å²) >= 11 is 0. The number of carbonyl (C=O) groups excluding carboxylic acids is 1. The first-order valence-electron chi connectivity index (χ1n) is 7.19. The molecule has 0 aromatic heterocycles. The molecule has 0 aromatic rings. The van der Waals surface area contributed by atoms with Gasteiger partial charge < -0.3 is 5.32 Å². The van der Waals surface area contributed by atoms with Crippen LogP contribution < -0.4 is 5.32 Å². The van der Waals surface area contributed by atoms with E-state index >= 15 is 0 Å². The second-order valence-corrected chi connectivity index (χ2v) is 7.25. The fraction of sp³-hybridized carbons (Fsp3) is 0.769. The van der Waals surface area contributed by atoms with Crippen LogP contribution in [0.4, 0.5) is 0 Å². The van der Waals surface area contributed by atoms with Gasteiger partial charge in [0, 0.05) is 38.6 Å². The van der Waals surface area contributed by atoms with Gasteiger partial charge in [-0.3, -0.25) is 4.79 Å². The zero-order chi connectivity index (χ0) is 14.6. The Balaban J connectivity index is 1.87. The minimum absolute atomic E-state index is 0.00289. The molecule has 0 unspecified atom stereocenters. The molecule has 2 heterocycles. The third-order valence-corrected chi connectivity index (χ3v) is 6.00. The average molecular weight is 301 g/mol. The first-order valence-corrected chi connectivity index (χ1v) is 8.59. The van der Waals surface area contributed by atoms with Crippen LogP contribution in [0.1, 0.15) is 25.7 Å². The summed E-state index contributed by atoms with van der Waals surface area (Å²) < 4.78 is 27.8. The minimum atomic E-state index is -3.31. The largest absolute Gasteiger partial charge is 0.352 e. The predicted molar refractivity (Wildman–Crippen MR) is 77.2 cm³/mol. The molecule has 0 spiro atoms. The van der Waals surface area contributed by atoms with Crippen molar-refractivity contribution in [2.24, 2.45) is 5.92 Å². The Morgan fingerprint density at radius 2 is 1.70 bits per heavy atom. The third-order valence-electron chi connectivity index (χ3n) is 3.96. The molecule has 2 fully saturated rings. The van der Waals surface area contributed by atoms with E-state index < -0.39 is 10.2 Å². The molecule has 0 aromatic carbocycles. The molecule has 0 bridgehead atoms. The maximum Gasteiger partial charge on any atom is 0.281 e. The number of piperidine rings is 1. The van der Waals surface area contributed by atoms with Gasteiger partial charge >= 0.3 is 0 Å². The highest BCUT2D eigenvalue weighted by atomic mass is 32.2. The highest BCUT2D eigenvalue weighted by Gasteiger charge is 2.35. The Morgan fingerprint density at radius 3 is 2.25 bits per heavy atom. The van der Waals surface area contributed by atoms with E-state index in [1.165, 1.54) is 4.31 Å². The topological polar surface area (TPSA) is 69.7 Å². The number of hydrogen-bond acceptors (Lipinski definition) is 3. The van der Waals surface area contributed by atoms with Crippen LogP contribution in [0.25, 0.3) is 0 Å². The molecule has 2 aliphatic heterocycles. The van der Waals surface area contributed by atoms with Crippen molar-refractivity contribution in [2.75, 3.05) is 32.7 Å². The fourth-order valence-corrected chi connectivity index (χ4v) is 4.47. The van der Waals surface area contributed by atoms with E-state index in [1.54, 1.807) is 10.4 Å². The van der Waals surface area contributed by atoms with Crippen molar-refractivity contribution >= 4 is 16.1 Å². The van der Waals surface area contributed by atoms with Crippen molar-refractivity contribution in [3.8, 4) is 0 Å². The van der Waals surface area contributed by atoms with Crippen molar-refractivity contribution in [3.63, 3.8) is 0 Å². The van der Waals surface area contributed by atoms with Gasteiger partial charge in [0.15, 0.2) is 0 Å². The molecule has 1 amide bonds. The van der Waals surface area contributed by atoms with E-state index in [0.717, 1.165) is 12.8 Å². The molecule has 0 radical (unpaired) electrons. The number of rotatable bonds is 5. The third kappa shape index (κ3) is 3.39. The van der Waals surface area contributed by atoms with Gasteiger partial charge in [0.05, 0.1) is 0 Å². The van der Waals surface area contributed by atoms with Crippen molar-refractivity contribution < 1.29 is 13.2 Å². The lowest BCUT2D eigenvalue weighted by Gasteiger charge is -2.33. The molecular weight excluding hydrogens is 278 g/mol. The fourth-order valence-electron chi connectivity index (χ4n) is 2.75. The summed E-state index contributed by atoms with van der Waals surface area (Å²) in [6.45, 7) is 6.15. The maximum absolute atomic E-state index is 12.4. The van der Waals surface area contributed by atoms with Crippen LogP contribution in [-0.4, -0.2) is 55.7 Å². The monoisotopic (exact) mass is 301 g/mol. The van der Waals surface area contributed by atoms with Gasteiger partial charge in [-0.2, -0.15) is 17.0 Å². The number of hydrogen-bond donors (Lipinski definition) is 1. The molecule has 2 saturated heterocycles. The second kappa shape index (κ2) is 6.69. The molecule has 114 valence electrons. The molecule has 20 heavy (non-hydrogen) atoms. The zero-order valence-electron chi connectivity index (χ0n) is 11.8. The first kappa shape index (κ1) is 15.5. The Hall–Kier alpha value is -0.920. The summed E-state index contributed by atoms with van der Waals surface area (Å²) in [7, 11) is -3.31. The lowest BCUT2D eigenvalue weighted by Crippen LogP contribution is -2.48. The van der Waals surface area contributed by atoms with Gasteiger partial charge in [-0.05, 0) is 25.7 Å². The van der Waals surface area contributed by atoms with Crippen molar-refractivity contribution in [2.45, 2.75) is 25.7 Å².